The number of benzene rings is 2. The van der Waals surface area contributed by atoms with Crippen LogP contribution < -0.4 is 14.8 Å². The number of carbonyl (C=O) groups is 1. The van der Waals surface area contributed by atoms with Gasteiger partial charge in [0.05, 0.1) is 19.8 Å². The molecule has 0 bridgehead atoms. The summed E-state index contributed by atoms with van der Waals surface area (Å²) in [4.78, 5) is 12.5. The van der Waals surface area contributed by atoms with Crippen molar-refractivity contribution in [3.8, 4) is 11.5 Å². The summed E-state index contributed by atoms with van der Waals surface area (Å²) in [5.41, 5.74) is 1.76. The minimum Gasteiger partial charge on any atom is -0.493 e. The number of rotatable bonds is 6. The molecule has 0 aromatic heterocycles. The topological polar surface area (TPSA) is 47.6 Å². The maximum absolute atomic E-state index is 12.5. The monoisotopic (exact) mass is 415 g/mol. The van der Waals surface area contributed by atoms with Gasteiger partial charge in [0.2, 0.25) is 5.91 Å². The van der Waals surface area contributed by atoms with Crippen molar-refractivity contribution in [2.45, 2.75) is 24.8 Å². The molecule has 1 fully saturated rings. The Morgan fingerprint density at radius 1 is 1.12 bits per heavy atom. The van der Waals surface area contributed by atoms with Crippen molar-refractivity contribution in [2.24, 2.45) is 0 Å². The summed E-state index contributed by atoms with van der Waals surface area (Å²) in [6.07, 6.45) is 6.38. The van der Waals surface area contributed by atoms with Gasteiger partial charge in [0.25, 0.3) is 0 Å². The highest BCUT2D eigenvalue weighted by atomic mass is 79.9. The second-order valence-electron chi connectivity index (χ2n) is 6.38. The Hall–Kier alpha value is -2.27. The molecule has 0 saturated heterocycles. The van der Waals surface area contributed by atoms with Crippen molar-refractivity contribution in [3.05, 3.63) is 64.1 Å². The van der Waals surface area contributed by atoms with Gasteiger partial charge in [-0.3, -0.25) is 4.79 Å². The highest BCUT2D eigenvalue weighted by Gasteiger charge is 2.39. The van der Waals surface area contributed by atoms with Crippen LogP contribution in [0.5, 0.6) is 11.5 Å². The summed E-state index contributed by atoms with van der Waals surface area (Å²) in [5, 5.41) is 3.19. The van der Waals surface area contributed by atoms with E-state index in [1.54, 1.807) is 26.4 Å². The third-order valence-electron chi connectivity index (χ3n) is 4.78. The van der Waals surface area contributed by atoms with Crippen molar-refractivity contribution in [3.63, 3.8) is 0 Å². The molecule has 0 atom stereocenters. The molecule has 1 aliphatic carbocycles. The van der Waals surface area contributed by atoms with Gasteiger partial charge in [-0.1, -0.05) is 34.1 Å². The molecule has 1 aliphatic rings. The van der Waals surface area contributed by atoms with Gasteiger partial charge in [-0.05, 0) is 60.7 Å². The number of ether oxygens (including phenoxy) is 2. The SMILES string of the molecule is COc1ccc(C=CC(=O)NC2(c3cccc(Br)c3)CCC2)cc1OC. The molecule has 5 heteroatoms. The second kappa shape index (κ2) is 7.96. The predicted molar refractivity (Wildman–Crippen MR) is 106 cm³/mol. The molecule has 0 unspecified atom stereocenters. The average Bonchev–Trinajstić information content (AvgIpc) is 2.62. The molecule has 26 heavy (non-hydrogen) atoms. The highest BCUT2D eigenvalue weighted by molar-refractivity contribution is 9.10. The molecule has 0 spiro atoms. The van der Waals surface area contributed by atoms with Crippen LogP contribution >= 0.6 is 15.9 Å². The van der Waals surface area contributed by atoms with Crippen LogP contribution in [-0.4, -0.2) is 20.1 Å². The molecule has 2 aromatic rings. The number of carbonyl (C=O) groups excluding carboxylic acids is 1. The van der Waals surface area contributed by atoms with Crippen LogP contribution in [0.1, 0.15) is 30.4 Å². The largest absolute Gasteiger partial charge is 0.493 e. The molecule has 1 N–H and O–H groups in total. The lowest BCUT2D eigenvalue weighted by Gasteiger charge is -2.43. The Morgan fingerprint density at radius 3 is 2.50 bits per heavy atom. The number of hydrogen-bond donors (Lipinski definition) is 1. The summed E-state index contributed by atoms with van der Waals surface area (Å²) in [5.74, 6) is 1.20. The standard InChI is InChI=1S/C21H22BrNO3/c1-25-18-9-7-15(13-19(18)26-2)8-10-20(24)23-21(11-4-12-21)16-5-3-6-17(22)14-16/h3,5-10,13-14H,4,11-12H2,1-2H3,(H,23,24). The van der Waals surface area contributed by atoms with Crippen molar-refractivity contribution < 1.29 is 14.3 Å². The van der Waals surface area contributed by atoms with Crippen LogP contribution in [0, 0.1) is 0 Å². The minimum absolute atomic E-state index is 0.0977. The third kappa shape index (κ3) is 3.93. The van der Waals surface area contributed by atoms with E-state index in [0.717, 1.165) is 34.9 Å². The molecule has 1 saturated carbocycles. The Morgan fingerprint density at radius 2 is 1.88 bits per heavy atom. The average molecular weight is 416 g/mol. The van der Waals surface area contributed by atoms with Gasteiger partial charge in [0.15, 0.2) is 11.5 Å². The lowest BCUT2D eigenvalue weighted by molar-refractivity contribution is -0.119. The van der Waals surface area contributed by atoms with E-state index in [4.69, 9.17) is 9.47 Å². The Labute approximate surface area is 162 Å². The minimum atomic E-state index is -0.261. The van der Waals surface area contributed by atoms with Gasteiger partial charge in [-0.25, -0.2) is 0 Å². The van der Waals surface area contributed by atoms with E-state index in [0.29, 0.717) is 11.5 Å². The van der Waals surface area contributed by atoms with Gasteiger partial charge < -0.3 is 14.8 Å². The number of nitrogens with one attached hydrogen (secondary N) is 1. The molecule has 1 amide bonds. The van der Waals surface area contributed by atoms with Crippen molar-refractivity contribution in [1.29, 1.82) is 0 Å². The van der Waals surface area contributed by atoms with Gasteiger partial charge in [0.1, 0.15) is 0 Å². The van der Waals surface area contributed by atoms with Gasteiger partial charge in [-0.15, -0.1) is 0 Å². The molecular weight excluding hydrogens is 394 g/mol. The third-order valence-corrected chi connectivity index (χ3v) is 5.27. The van der Waals surface area contributed by atoms with Crippen LogP contribution in [0.25, 0.3) is 6.08 Å². The molecule has 0 heterocycles. The molecule has 3 rings (SSSR count). The summed E-state index contributed by atoms with van der Waals surface area (Å²) < 4.78 is 11.6. The molecular formula is C21H22BrNO3. The first-order valence-corrected chi connectivity index (χ1v) is 9.34. The zero-order valence-corrected chi connectivity index (χ0v) is 16.5. The van der Waals surface area contributed by atoms with E-state index in [9.17, 15) is 4.79 Å². The van der Waals surface area contributed by atoms with E-state index in [1.165, 1.54) is 0 Å². The number of hydrogen-bond acceptors (Lipinski definition) is 3. The molecule has 2 aromatic carbocycles. The maximum Gasteiger partial charge on any atom is 0.244 e. The van der Waals surface area contributed by atoms with Gasteiger partial charge >= 0.3 is 0 Å². The van der Waals surface area contributed by atoms with Gasteiger partial charge in [0, 0.05) is 10.5 Å². The fraction of sp³-hybridized carbons (Fsp3) is 0.286. The van der Waals surface area contributed by atoms with Crippen LogP contribution in [0.3, 0.4) is 0 Å². The quantitative estimate of drug-likeness (QED) is 0.696. The second-order valence-corrected chi connectivity index (χ2v) is 7.30. The number of methoxy groups -OCH3 is 2. The fourth-order valence-corrected chi connectivity index (χ4v) is 3.61. The Bertz CT molecular complexity index is 828. The zero-order chi connectivity index (χ0) is 18.6. The summed E-state index contributed by atoms with van der Waals surface area (Å²) >= 11 is 3.51. The first-order chi connectivity index (χ1) is 12.6. The lowest BCUT2D eigenvalue weighted by Crippen LogP contribution is -2.50. The van der Waals surface area contributed by atoms with Crippen molar-refractivity contribution >= 4 is 27.9 Å². The zero-order valence-electron chi connectivity index (χ0n) is 14.9. The normalized spacial score (nSPS) is 15.3. The van der Waals surface area contributed by atoms with E-state index in [-0.39, 0.29) is 11.4 Å². The molecule has 0 aliphatic heterocycles. The Balaban J connectivity index is 1.73. The summed E-state index contributed by atoms with van der Waals surface area (Å²) in [6.45, 7) is 0. The fourth-order valence-electron chi connectivity index (χ4n) is 3.21. The molecule has 136 valence electrons. The van der Waals surface area contributed by atoms with E-state index >= 15 is 0 Å². The number of amides is 1. The van der Waals surface area contributed by atoms with Crippen molar-refractivity contribution in [1.82, 2.24) is 5.32 Å². The predicted octanol–water partition coefficient (Wildman–Crippen LogP) is 4.68. The molecule has 0 radical (unpaired) electrons. The summed E-state index contributed by atoms with van der Waals surface area (Å²) in [6, 6.07) is 13.7. The van der Waals surface area contributed by atoms with E-state index in [2.05, 4.69) is 33.4 Å². The first kappa shape index (κ1) is 18.5. The smallest absolute Gasteiger partial charge is 0.244 e. The first-order valence-electron chi connectivity index (χ1n) is 8.55. The number of halogens is 1. The van der Waals surface area contributed by atoms with Crippen molar-refractivity contribution in [2.75, 3.05) is 14.2 Å². The van der Waals surface area contributed by atoms with E-state index < -0.39 is 0 Å². The molecule has 4 nitrogen and oxygen atoms in total. The van der Waals surface area contributed by atoms with Crippen LogP contribution in [0.15, 0.2) is 53.0 Å². The highest BCUT2D eigenvalue weighted by Crippen LogP contribution is 2.42. The van der Waals surface area contributed by atoms with E-state index in [1.807, 2.05) is 30.3 Å². The van der Waals surface area contributed by atoms with Crippen LogP contribution in [-0.2, 0) is 10.3 Å². The maximum atomic E-state index is 12.5. The lowest BCUT2D eigenvalue weighted by atomic mass is 9.72. The van der Waals surface area contributed by atoms with Crippen LogP contribution in [0.2, 0.25) is 0 Å². The Kier molecular flexibility index (Phi) is 5.67. The van der Waals surface area contributed by atoms with Gasteiger partial charge in [-0.2, -0.15) is 0 Å². The van der Waals surface area contributed by atoms with Crippen LogP contribution in [0.4, 0.5) is 0 Å². The summed E-state index contributed by atoms with van der Waals surface area (Å²) in [7, 11) is 3.19.